The van der Waals surface area contributed by atoms with E-state index in [1.54, 1.807) is 0 Å². The molecule has 0 amide bonds. The van der Waals surface area contributed by atoms with Gasteiger partial charge in [0.05, 0.1) is 0 Å². The van der Waals surface area contributed by atoms with Crippen LogP contribution >= 0.6 is 0 Å². The van der Waals surface area contributed by atoms with Crippen molar-refractivity contribution in [2.24, 2.45) is 0 Å². The average molecular weight is 273 g/mol. The highest BCUT2D eigenvalue weighted by atomic mass is 16.5. The molecule has 0 saturated carbocycles. The number of para-hydroxylation sites is 1. The van der Waals surface area contributed by atoms with Crippen molar-refractivity contribution in [2.45, 2.75) is 18.6 Å². The first kappa shape index (κ1) is 12.6. The second-order valence-electron chi connectivity index (χ2n) is 6.21. The lowest BCUT2D eigenvalue weighted by atomic mass is 10.0. The Morgan fingerprint density at radius 2 is 1.95 bits per heavy atom. The Morgan fingerprint density at radius 1 is 1.15 bits per heavy atom. The monoisotopic (exact) mass is 273 g/mol. The third-order valence-corrected chi connectivity index (χ3v) is 4.78. The van der Waals surface area contributed by atoms with Crippen LogP contribution in [0.25, 0.3) is 0 Å². The fraction of sp³-hybridized carbons (Fsp3) is 0.625. The zero-order valence-electron chi connectivity index (χ0n) is 11.9. The standard InChI is InChI=1S/C16H23N3O/c1-2-4-16-13(3-1)9-15(20-16)12-18-10-14(11-18)19-7-5-17-6-8-19/h1-4,14-15,17H,5-12H2. The van der Waals surface area contributed by atoms with Gasteiger partial charge in [0, 0.05) is 58.3 Å². The highest BCUT2D eigenvalue weighted by Gasteiger charge is 2.35. The molecule has 1 aromatic rings. The Kier molecular flexibility index (Phi) is 3.38. The first-order chi connectivity index (χ1) is 9.88. The van der Waals surface area contributed by atoms with Crippen LogP contribution in [0.3, 0.4) is 0 Å². The minimum absolute atomic E-state index is 0.358. The molecule has 1 atom stereocenters. The highest BCUT2D eigenvalue weighted by molar-refractivity contribution is 5.37. The number of piperazine rings is 1. The maximum atomic E-state index is 6.03. The summed E-state index contributed by atoms with van der Waals surface area (Å²) in [5, 5.41) is 3.42. The minimum atomic E-state index is 0.358. The number of nitrogens with zero attached hydrogens (tertiary/aromatic N) is 2. The van der Waals surface area contributed by atoms with Crippen LogP contribution in [0.2, 0.25) is 0 Å². The van der Waals surface area contributed by atoms with Crippen molar-refractivity contribution < 1.29 is 4.74 Å². The number of rotatable bonds is 3. The Hall–Kier alpha value is -1.10. The average Bonchev–Trinajstić information content (AvgIpc) is 2.86. The number of nitrogens with one attached hydrogen (secondary N) is 1. The maximum Gasteiger partial charge on any atom is 0.123 e. The Bertz CT molecular complexity index is 442. The molecule has 2 saturated heterocycles. The van der Waals surface area contributed by atoms with Crippen LogP contribution in [0, 0.1) is 0 Å². The number of likely N-dealkylation sites (tertiary alicyclic amines) is 1. The minimum Gasteiger partial charge on any atom is -0.488 e. The second kappa shape index (κ2) is 5.35. The van der Waals surface area contributed by atoms with Crippen LogP contribution in [0.15, 0.2) is 24.3 Å². The van der Waals surface area contributed by atoms with Gasteiger partial charge in [0.25, 0.3) is 0 Å². The van der Waals surface area contributed by atoms with Gasteiger partial charge in [-0.05, 0) is 11.6 Å². The summed E-state index contributed by atoms with van der Waals surface area (Å²) in [4.78, 5) is 5.18. The van der Waals surface area contributed by atoms with Crippen molar-refractivity contribution in [1.29, 1.82) is 0 Å². The zero-order chi connectivity index (χ0) is 13.4. The number of benzene rings is 1. The Morgan fingerprint density at radius 3 is 2.75 bits per heavy atom. The molecule has 2 fully saturated rings. The predicted molar refractivity (Wildman–Crippen MR) is 79.2 cm³/mol. The molecule has 1 aromatic carbocycles. The van der Waals surface area contributed by atoms with E-state index in [-0.39, 0.29) is 0 Å². The molecule has 20 heavy (non-hydrogen) atoms. The van der Waals surface area contributed by atoms with E-state index in [4.69, 9.17) is 4.74 Å². The lowest BCUT2D eigenvalue weighted by Crippen LogP contribution is -2.63. The molecule has 0 aliphatic carbocycles. The van der Waals surface area contributed by atoms with Gasteiger partial charge in [0.2, 0.25) is 0 Å². The van der Waals surface area contributed by atoms with Crippen LogP contribution in [0.1, 0.15) is 5.56 Å². The van der Waals surface area contributed by atoms with E-state index in [1.165, 1.54) is 31.7 Å². The fourth-order valence-corrected chi connectivity index (χ4v) is 3.61. The summed E-state index contributed by atoms with van der Waals surface area (Å²) in [6, 6.07) is 9.23. The normalized spacial score (nSPS) is 27.9. The van der Waals surface area contributed by atoms with E-state index in [0.29, 0.717) is 6.10 Å². The van der Waals surface area contributed by atoms with Crippen molar-refractivity contribution in [3.05, 3.63) is 29.8 Å². The largest absolute Gasteiger partial charge is 0.488 e. The molecule has 0 radical (unpaired) electrons. The number of hydrogen-bond donors (Lipinski definition) is 1. The summed E-state index contributed by atoms with van der Waals surface area (Å²) >= 11 is 0. The summed E-state index contributed by atoms with van der Waals surface area (Å²) < 4.78 is 6.03. The quantitative estimate of drug-likeness (QED) is 0.872. The molecule has 4 heteroatoms. The van der Waals surface area contributed by atoms with Crippen LogP contribution in [-0.4, -0.2) is 67.8 Å². The number of hydrogen-bond acceptors (Lipinski definition) is 4. The van der Waals surface area contributed by atoms with E-state index < -0.39 is 0 Å². The molecule has 0 spiro atoms. The van der Waals surface area contributed by atoms with Gasteiger partial charge >= 0.3 is 0 Å². The van der Waals surface area contributed by atoms with Gasteiger partial charge in [-0.2, -0.15) is 0 Å². The van der Waals surface area contributed by atoms with E-state index in [2.05, 4.69) is 39.4 Å². The number of fused-ring (bicyclic) bond motifs is 1. The Labute approximate surface area is 120 Å². The van der Waals surface area contributed by atoms with Crippen LogP contribution < -0.4 is 10.1 Å². The van der Waals surface area contributed by atoms with Crippen molar-refractivity contribution >= 4 is 0 Å². The van der Waals surface area contributed by atoms with Crippen LogP contribution in [0.4, 0.5) is 0 Å². The molecule has 1 N–H and O–H groups in total. The molecule has 0 bridgehead atoms. The first-order valence-corrected chi connectivity index (χ1v) is 7.80. The molecule has 3 aliphatic rings. The van der Waals surface area contributed by atoms with Gasteiger partial charge in [-0.15, -0.1) is 0 Å². The van der Waals surface area contributed by atoms with Crippen molar-refractivity contribution in [3.8, 4) is 5.75 Å². The summed E-state index contributed by atoms with van der Waals surface area (Å²) in [5.41, 5.74) is 1.37. The smallest absolute Gasteiger partial charge is 0.123 e. The summed E-state index contributed by atoms with van der Waals surface area (Å²) in [5.74, 6) is 1.09. The van der Waals surface area contributed by atoms with Gasteiger partial charge in [-0.25, -0.2) is 0 Å². The predicted octanol–water partition coefficient (Wildman–Crippen LogP) is 0.580. The molecule has 1 unspecified atom stereocenters. The van der Waals surface area contributed by atoms with E-state index in [1.807, 2.05) is 0 Å². The topological polar surface area (TPSA) is 27.7 Å². The fourth-order valence-electron chi connectivity index (χ4n) is 3.61. The van der Waals surface area contributed by atoms with Crippen molar-refractivity contribution in [1.82, 2.24) is 15.1 Å². The highest BCUT2D eigenvalue weighted by Crippen LogP contribution is 2.29. The summed E-state index contributed by atoms with van der Waals surface area (Å²) in [7, 11) is 0. The molecule has 0 aromatic heterocycles. The lowest BCUT2D eigenvalue weighted by molar-refractivity contribution is 0.00803. The molecular formula is C16H23N3O. The molecule has 4 rings (SSSR count). The Balaban J connectivity index is 1.25. The van der Waals surface area contributed by atoms with E-state index in [0.717, 1.165) is 37.8 Å². The number of ether oxygens (including phenoxy) is 1. The molecule has 3 heterocycles. The van der Waals surface area contributed by atoms with Crippen molar-refractivity contribution in [2.75, 3.05) is 45.8 Å². The van der Waals surface area contributed by atoms with Gasteiger partial charge in [0.1, 0.15) is 11.9 Å². The van der Waals surface area contributed by atoms with Gasteiger partial charge in [-0.1, -0.05) is 18.2 Å². The van der Waals surface area contributed by atoms with E-state index >= 15 is 0 Å². The summed E-state index contributed by atoms with van der Waals surface area (Å²) in [6.45, 7) is 8.24. The van der Waals surface area contributed by atoms with E-state index in [9.17, 15) is 0 Å². The van der Waals surface area contributed by atoms with Gasteiger partial charge < -0.3 is 10.1 Å². The molecular weight excluding hydrogens is 250 g/mol. The van der Waals surface area contributed by atoms with Crippen LogP contribution in [-0.2, 0) is 6.42 Å². The summed E-state index contributed by atoms with van der Waals surface area (Å²) in [6.07, 6.45) is 1.43. The second-order valence-corrected chi connectivity index (χ2v) is 6.21. The zero-order valence-corrected chi connectivity index (χ0v) is 11.9. The molecule has 108 valence electrons. The SMILES string of the molecule is c1ccc2c(c1)CC(CN1CC(N3CCNCC3)C1)O2. The van der Waals surface area contributed by atoms with Gasteiger partial charge in [-0.3, -0.25) is 9.80 Å². The van der Waals surface area contributed by atoms with Crippen molar-refractivity contribution in [3.63, 3.8) is 0 Å². The maximum absolute atomic E-state index is 6.03. The first-order valence-electron chi connectivity index (χ1n) is 7.80. The van der Waals surface area contributed by atoms with Crippen LogP contribution in [0.5, 0.6) is 5.75 Å². The third-order valence-electron chi connectivity index (χ3n) is 4.78. The molecule has 3 aliphatic heterocycles. The molecule has 4 nitrogen and oxygen atoms in total. The third kappa shape index (κ3) is 2.43. The lowest BCUT2D eigenvalue weighted by Gasteiger charge is -2.47. The van der Waals surface area contributed by atoms with Gasteiger partial charge in [0.15, 0.2) is 0 Å².